The van der Waals surface area contributed by atoms with Gasteiger partial charge in [-0.15, -0.1) is 0 Å². The Morgan fingerprint density at radius 1 is 1.39 bits per heavy atom. The predicted molar refractivity (Wildman–Crippen MR) is 81.3 cm³/mol. The molecule has 4 heteroatoms. The van der Waals surface area contributed by atoms with Crippen molar-refractivity contribution in [2.24, 2.45) is 5.92 Å². The highest BCUT2D eigenvalue weighted by Crippen LogP contribution is 2.22. The van der Waals surface area contributed by atoms with Crippen LogP contribution in [0.15, 0.2) is 22.7 Å². The fourth-order valence-electron chi connectivity index (χ4n) is 2.25. The third-order valence-electron chi connectivity index (χ3n) is 3.52. The van der Waals surface area contributed by atoms with Crippen LogP contribution in [0.1, 0.15) is 28.8 Å². The van der Waals surface area contributed by atoms with Crippen LogP contribution in [0.25, 0.3) is 0 Å². The maximum atomic E-state index is 12.4. The van der Waals surface area contributed by atoms with Gasteiger partial charge in [0.2, 0.25) is 0 Å². The molecule has 0 radical (unpaired) electrons. The minimum atomic E-state index is 0.165. The molecule has 0 aromatic heterocycles. The van der Waals surface area contributed by atoms with Crippen LogP contribution in [0.4, 0.5) is 0 Å². The fraction of sp³-hybridized carbons (Fsp3) is 0.500. The normalized spacial score (nSPS) is 16.9. The molecular weight excluding hydrogens is 358 g/mol. The average Bonchev–Trinajstić information content (AvgIpc) is 2.41. The number of aryl methyl sites for hydroxylation is 1. The summed E-state index contributed by atoms with van der Waals surface area (Å²) >= 11 is 6.98. The zero-order valence-corrected chi connectivity index (χ0v) is 13.6. The van der Waals surface area contributed by atoms with Crippen molar-refractivity contribution in [1.29, 1.82) is 0 Å². The first kappa shape index (κ1) is 14.1. The van der Waals surface area contributed by atoms with Gasteiger partial charge in [0.15, 0.2) is 0 Å². The highest BCUT2D eigenvalue weighted by molar-refractivity contribution is 9.10. The lowest BCUT2D eigenvalue weighted by atomic mass is 9.98. The SMILES string of the molecule is Cc1cc(C(=O)N2CCC(CBr)CC2)ccc1Br. The van der Waals surface area contributed by atoms with E-state index in [1.807, 2.05) is 30.0 Å². The number of piperidine rings is 1. The number of likely N-dealkylation sites (tertiary alicyclic amines) is 1. The first-order valence-corrected chi connectivity index (χ1v) is 8.14. The van der Waals surface area contributed by atoms with Gasteiger partial charge in [0.25, 0.3) is 5.91 Å². The van der Waals surface area contributed by atoms with Gasteiger partial charge in [0, 0.05) is 28.5 Å². The summed E-state index contributed by atoms with van der Waals surface area (Å²) in [4.78, 5) is 14.3. The molecule has 1 aromatic carbocycles. The summed E-state index contributed by atoms with van der Waals surface area (Å²) in [7, 11) is 0. The van der Waals surface area contributed by atoms with E-state index in [-0.39, 0.29) is 5.91 Å². The Kier molecular flexibility index (Phi) is 4.84. The third-order valence-corrected chi connectivity index (χ3v) is 5.33. The van der Waals surface area contributed by atoms with Crippen LogP contribution >= 0.6 is 31.9 Å². The molecule has 2 rings (SSSR count). The maximum absolute atomic E-state index is 12.4. The number of halogens is 2. The molecule has 18 heavy (non-hydrogen) atoms. The van der Waals surface area contributed by atoms with Crippen LogP contribution in [-0.4, -0.2) is 29.2 Å². The molecule has 1 aromatic rings. The number of alkyl halides is 1. The number of hydrogen-bond donors (Lipinski definition) is 0. The zero-order valence-electron chi connectivity index (χ0n) is 10.5. The maximum Gasteiger partial charge on any atom is 0.253 e. The van der Waals surface area contributed by atoms with E-state index in [9.17, 15) is 4.79 Å². The Hall–Kier alpha value is -0.350. The monoisotopic (exact) mass is 373 g/mol. The van der Waals surface area contributed by atoms with Crippen LogP contribution in [0.2, 0.25) is 0 Å². The quantitative estimate of drug-likeness (QED) is 0.716. The molecule has 1 fully saturated rings. The van der Waals surface area contributed by atoms with Crippen LogP contribution in [0.5, 0.6) is 0 Å². The summed E-state index contributed by atoms with van der Waals surface area (Å²) in [5, 5.41) is 1.05. The molecule has 0 atom stereocenters. The molecule has 0 bridgehead atoms. The van der Waals surface area contributed by atoms with E-state index < -0.39 is 0 Å². The molecule has 98 valence electrons. The average molecular weight is 375 g/mol. The van der Waals surface area contributed by atoms with Gasteiger partial charge in [-0.25, -0.2) is 0 Å². The summed E-state index contributed by atoms with van der Waals surface area (Å²) in [6, 6.07) is 5.81. The number of hydrogen-bond acceptors (Lipinski definition) is 1. The topological polar surface area (TPSA) is 20.3 Å². The minimum absolute atomic E-state index is 0.165. The number of nitrogens with zero attached hydrogens (tertiary/aromatic N) is 1. The Balaban J connectivity index is 2.05. The van der Waals surface area contributed by atoms with E-state index in [2.05, 4.69) is 31.9 Å². The molecule has 1 aliphatic rings. The molecule has 1 amide bonds. The summed E-state index contributed by atoms with van der Waals surface area (Å²) in [5.41, 5.74) is 1.91. The number of benzene rings is 1. The van der Waals surface area contributed by atoms with Gasteiger partial charge in [-0.1, -0.05) is 31.9 Å². The van der Waals surface area contributed by atoms with Gasteiger partial charge >= 0.3 is 0 Å². The van der Waals surface area contributed by atoms with Crippen LogP contribution in [0.3, 0.4) is 0 Å². The predicted octanol–water partition coefficient (Wildman–Crippen LogP) is 4.00. The highest BCUT2D eigenvalue weighted by atomic mass is 79.9. The molecule has 0 aliphatic carbocycles. The van der Waals surface area contributed by atoms with Crippen molar-refractivity contribution in [3.05, 3.63) is 33.8 Å². The van der Waals surface area contributed by atoms with E-state index in [1.54, 1.807) is 0 Å². The molecule has 2 nitrogen and oxygen atoms in total. The van der Waals surface area contributed by atoms with Gasteiger partial charge in [0.05, 0.1) is 0 Å². The van der Waals surface area contributed by atoms with Gasteiger partial charge in [-0.2, -0.15) is 0 Å². The standard InChI is InChI=1S/C14H17Br2NO/c1-10-8-12(2-3-13(10)16)14(18)17-6-4-11(9-15)5-7-17/h2-3,8,11H,4-7,9H2,1H3. The number of amides is 1. The number of carbonyl (C=O) groups is 1. The summed E-state index contributed by atoms with van der Waals surface area (Å²) in [5.74, 6) is 0.888. The molecule has 0 unspecified atom stereocenters. The van der Waals surface area contributed by atoms with Crippen molar-refractivity contribution in [1.82, 2.24) is 4.90 Å². The van der Waals surface area contributed by atoms with Gasteiger partial charge < -0.3 is 4.90 Å². The van der Waals surface area contributed by atoms with E-state index >= 15 is 0 Å². The van der Waals surface area contributed by atoms with E-state index in [0.717, 1.165) is 52.8 Å². The third kappa shape index (κ3) is 3.15. The second-order valence-corrected chi connectivity index (χ2v) is 6.36. The van der Waals surface area contributed by atoms with Gasteiger partial charge in [0.1, 0.15) is 0 Å². The zero-order chi connectivity index (χ0) is 13.1. The van der Waals surface area contributed by atoms with Crippen LogP contribution in [0, 0.1) is 12.8 Å². The lowest BCUT2D eigenvalue weighted by molar-refractivity contribution is 0.0699. The van der Waals surface area contributed by atoms with Crippen molar-refractivity contribution in [2.75, 3.05) is 18.4 Å². The lowest BCUT2D eigenvalue weighted by Gasteiger charge is -2.31. The van der Waals surface area contributed by atoms with Gasteiger partial charge in [-0.05, 0) is 49.4 Å². The van der Waals surface area contributed by atoms with Crippen LogP contribution in [-0.2, 0) is 0 Å². The smallest absolute Gasteiger partial charge is 0.253 e. The Morgan fingerprint density at radius 2 is 2.06 bits per heavy atom. The van der Waals surface area contributed by atoms with Gasteiger partial charge in [-0.3, -0.25) is 4.79 Å². The Morgan fingerprint density at radius 3 is 2.61 bits per heavy atom. The van der Waals surface area contributed by atoms with Crippen molar-refractivity contribution >= 4 is 37.8 Å². The van der Waals surface area contributed by atoms with Crippen molar-refractivity contribution < 1.29 is 4.79 Å². The number of rotatable bonds is 2. The Labute approximate surface area is 125 Å². The fourth-order valence-corrected chi connectivity index (χ4v) is 3.14. The summed E-state index contributed by atoms with van der Waals surface area (Å²) in [6.07, 6.45) is 2.21. The molecule has 0 N–H and O–H groups in total. The molecule has 1 saturated heterocycles. The number of carbonyl (C=O) groups excluding carboxylic acids is 1. The largest absolute Gasteiger partial charge is 0.339 e. The van der Waals surface area contributed by atoms with Crippen molar-refractivity contribution in [3.63, 3.8) is 0 Å². The van der Waals surface area contributed by atoms with Crippen LogP contribution < -0.4 is 0 Å². The molecule has 0 saturated carbocycles. The van der Waals surface area contributed by atoms with E-state index in [0.29, 0.717) is 0 Å². The summed E-state index contributed by atoms with van der Waals surface area (Å²) in [6.45, 7) is 3.77. The molecule has 1 heterocycles. The minimum Gasteiger partial charge on any atom is -0.339 e. The first-order valence-electron chi connectivity index (χ1n) is 6.23. The Bertz CT molecular complexity index is 439. The lowest BCUT2D eigenvalue weighted by Crippen LogP contribution is -2.38. The first-order chi connectivity index (χ1) is 8.61. The summed E-state index contributed by atoms with van der Waals surface area (Å²) < 4.78 is 1.05. The molecule has 1 aliphatic heterocycles. The van der Waals surface area contributed by atoms with E-state index in [1.165, 1.54) is 0 Å². The highest BCUT2D eigenvalue weighted by Gasteiger charge is 2.23. The van der Waals surface area contributed by atoms with E-state index in [4.69, 9.17) is 0 Å². The molecule has 0 spiro atoms. The second-order valence-electron chi connectivity index (χ2n) is 4.85. The second kappa shape index (κ2) is 6.20. The van der Waals surface area contributed by atoms with Crippen molar-refractivity contribution in [3.8, 4) is 0 Å². The van der Waals surface area contributed by atoms with Crippen molar-refractivity contribution in [2.45, 2.75) is 19.8 Å². The molecular formula is C14H17Br2NO.